The smallest absolute Gasteiger partial charge is 0.303 e. The summed E-state index contributed by atoms with van der Waals surface area (Å²) in [6, 6.07) is 10.9. The van der Waals surface area contributed by atoms with Crippen LogP contribution in [0.2, 0.25) is 0 Å². The molecule has 1 N–H and O–H groups in total. The van der Waals surface area contributed by atoms with Crippen LogP contribution in [-0.2, 0) is 11.2 Å². The van der Waals surface area contributed by atoms with Crippen LogP contribution in [0.3, 0.4) is 0 Å². The molecule has 0 aliphatic heterocycles. The third-order valence-corrected chi connectivity index (χ3v) is 6.91. The van der Waals surface area contributed by atoms with Crippen molar-refractivity contribution in [1.82, 2.24) is 4.90 Å². The molecule has 0 unspecified atom stereocenters. The first-order chi connectivity index (χ1) is 17.6. The maximum Gasteiger partial charge on any atom is 0.303 e. The first-order valence-electron chi connectivity index (χ1n) is 15.5. The number of carbonyl (C=O) groups is 1. The Morgan fingerprint density at radius 2 is 1.03 bits per heavy atom. The van der Waals surface area contributed by atoms with Crippen LogP contribution in [0, 0.1) is 0 Å². The van der Waals surface area contributed by atoms with E-state index in [0.29, 0.717) is 6.42 Å². The normalized spacial score (nSPS) is 10.9. The monoisotopic (exact) mass is 503 g/mol. The molecule has 1 aromatic rings. The second-order valence-electron chi connectivity index (χ2n) is 10.9. The third-order valence-electron chi connectivity index (χ3n) is 6.91. The average Bonchev–Trinajstić information content (AvgIpc) is 2.86. The molecule has 0 saturated heterocycles. The van der Waals surface area contributed by atoms with Gasteiger partial charge in [-0.2, -0.15) is 0 Å². The number of carboxylic acids is 1. The summed E-state index contributed by atoms with van der Waals surface area (Å²) in [7, 11) is 4.33. The van der Waals surface area contributed by atoms with Gasteiger partial charge in [0.2, 0.25) is 0 Å². The fraction of sp³-hybridized carbons (Fsp3) is 0.788. The van der Waals surface area contributed by atoms with Crippen LogP contribution in [0.5, 0.6) is 0 Å². The van der Waals surface area contributed by atoms with Crippen molar-refractivity contribution in [3.05, 3.63) is 35.9 Å². The van der Waals surface area contributed by atoms with Crippen LogP contribution in [0.25, 0.3) is 0 Å². The Morgan fingerprint density at radius 1 is 0.611 bits per heavy atom. The number of hydrogen-bond acceptors (Lipinski definition) is 2. The van der Waals surface area contributed by atoms with Crippen molar-refractivity contribution in [1.29, 1.82) is 0 Å². The minimum atomic E-state index is -0.659. The summed E-state index contributed by atoms with van der Waals surface area (Å²) in [4.78, 5) is 12.5. The van der Waals surface area contributed by atoms with Gasteiger partial charge in [-0.1, -0.05) is 146 Å². The third kappa shape index (κ3) is 28.9. The Hall–Kier alpha value is -1.35. The fourth-order valence-electron chi connectivity index (χ4n) is 4.58. The van der Waals surface area contributed by atoms with Gasteiger partial charge in [0, 0.05) is 6.42 Å². The van der Waals surface area contributed by atoms with E-state index in [1.54, 1.807) is 0 Å². The highest BCUT2D eigenvalue weighted by atomic mass is 16.4. The highest BCUT2D eigenvalue weighted by Crippen LogP contribution is 2.13. The van der Waals surface area contributed by atoms with Crippen LogP contribution in [-0.4, -0.2) is 36.6 Å². The summed E-state index contributed by atoms with van der Waals surface area (Å²) in [6.45, 7) is 3.48. The maximum absolute atomic E-state index is 10.2. The molecule has 0 fully saturated rings. The first kappa shape index (κ1) is 34.6. The molecule has 1 aromatic carbocycles. The molecule has 0 amide bonds. The molecule has 0 aliphatic rings. The Bertz CT molecular complexity index is 558. The summed E-state index contributed by atoms with van der Waals surface area (Å²) in [5.74, 6) is -0.659. The zero-order valence-corrected chi connectivity index (χ0v) is 24.5. The zero-order chi connectivity index (χ0) is 26.5. The molecule has 0 bridgehead atoms. The van der Waals surface area contributed by atoms with Gasteiger partial charge in [-0.15, -0.1) is 0 Å². The van der Waals surface area contributed by atoms with E-state index < -0.39 is 5.97 Å². The van der Waals surface area contributed by atoms with Gasteiger partial charge in [-0.25, -0.2) is 0 Å². The number of aryl methyl sites for hydroxylation is 1. The molecule has 0 aromatic heterocycles. The van der Waals surface area contributed by atoms with Gasteiger partial charge in [0.15, 0.2) is 0 Å². The van der Waals surface area contributed by atoms with Gasteiger partial charge in [0.05, 0.1) is 0 Å². The number of aliphatic carboxylic acids is 1. The topological polar surface area (TPSA) is 40.5 Å². The van der Waals surface area contributed by atoms with E-state index in [-0.39, 0.29) is 0 Å². The summed E-state index contributed by atoms with van der Waals surface area (Å²) >= 11 is 0. The molecule has 3 heteroatoms. The fourth-order valence-corrected chi connectivity index (χ4v) is 4.58. The maximum atomic E-state index is 10.2. The molecule has 1 rings (SSSR count). The van der Waals surface area contributed by atoms with E-state index in [9.17, 15) is 4.79 Å². The highest BCUT2D eigenvalue weighted by molar-refractivity contribution is 5.66. The summed E-state index contributed by atoms with van der Waals surface area (Å²) < 4.78 is 0. The summed E-state index contributed by atoms with van der Waals surface area (Å²) in [5, 5.41) is 8.41. The molecule has 0 atom stereocenters. The number of unbranched alkanes of at least 4 members (excludes halogenated alkanes) is 18. The van der Waals surface area contributed by atoms with E-state index in [1.807, 2.05) is 0 Å². The van der Waals surface area contributed by atoms with Gasteiger partial charge in [0.1, 0.15) is 0 Å². The Labute approximate surface area is 225 Å². The predicted molar refractivity (Wildman–Crippen MR) is 159 cm³/mol. The quantitative estimate of drug-likeness (QED) is 0.143. The molecule has 0 aliphatic carbocycles. The van der Waals surface area contributed by atoms with Crippen molar-refractivity contribution in [3.63, 3.8) is 0 Å². The minimum Gasteiger partial charge on any atom is -0.481 e. The predicted octanol–water partition coefficient (Wildman–Crippen LogP) is 10.1. The SMILES string of the molecule is CCCCCCCCCCCC(=O)O.CN(C)CCCCCCCCCCCCCc1ccccc1. The van der Waals surface area contributed by atoms with Crippen molar-refractivity contribution in [3.8, 4) is 0 Å². The van der Waals surface area contributed by atoms with Crippen molar-refractivity contribution in [2.24, 2.45) is 0 Å². The van der Waals surface area contributed by atoms with Crippen LogP contribution >= 0.6 is 0 Å². The highest BCUT2D eigenvalue weighted by Gasteiger charge is 1.97. The number of rotatable bonds is 24. The van der Waals surface area contributed by atoms with Crippen molar-refractivity contribution < 1.29 is 9.90 Å². The van der Waals surface area contributed by atoms with Gasteiger partial charge in [-0.3, -0.25) is 4.79 Å². The molecular formula is C33H61NO2. The number of nitrogens with zero attached hydrogens (tertiary/aromatic N) is 1. The Morgan fingerprint density at radius 3 is 1.47 bits per heavy atom. The molecule has 210 valence electrons. The average molecular weight is 504 g/mol. The lowest BCUT2D eigenvalue weighted by atomic mass is 10.0. The first-order valence-corrected chi connectivity index (χ1v) is 15.5. The standard InChI is InChI=1S/C21H37N.C12H24O2/c1-22(2)20-16-11-9-7-5-3-4-6-8-10-13-17-21-18-14-12-15-19-21;1-2-3-4-5-6-7-8-9-10-11-12(13)14/h12,14-15,18-19H,3-11,13,16-17,20H2,1-2H3;2-11H2,1H3,(H,13,14). The van der Waals surface area contributed by atoms with Crippen molar-refractivity contribution in [2.45, 2.75) is 148 Å². The number of hydrogen-bond donors (Lipinski definition) is 1. The molecule has 3 nitrogen and oxygen atoms in total. The van der Waals surface area contributed by atoms with Gasteiger partial charge < -0.3 is 10.0 Å². The van der Waals surface area contributed by atoms with E-state index in [1.165, 1.54) is 134 Å². The van der Waals surface area contributed by atoms with Gasteiger partial charge >= 0.3 is 5.97 Å². The van der Waals surface area contributed by atoms with Crippen molar-refractivity contribution >= 4 is 5.97 Å². The molecule has 0 radical (unpaired) electrons. The second kappa shape index (κ2) is 28.2. The number of carboxylic acid groups (broad SMARTS) is 1. The summed E-state index contributed by atoms with van der Waals surface area (Å²) in [5.41, 5.74) is 1.50. The van der Waals surface area contributed by atoms with Crippen LogP contribution in [0.15, 0.2) is 30.3 Å². The minimum absolute atomic E-state index is 0.343. The van der Waals surface area contributed by atoms with E-state index in [0.717, 1.165) is 12.8 Å². The second-order valence-corrected chi connectivity index (χ2v) is 10.9. The Kier molecular flexibility index (Phi) is 27.2. The van der Waals surface area contributed by atoms with E-state index in [4.69, 9.17) is 5.11 Å². The van der Waals surface area contributed by atoms with Crippen LogP contribution in [0.1, 0.15) is 147 Å². The van der Waals surface area contributed by atoms with Gasteiger partial charge in [-0.05, 0) is 51.9 Å². The van der Waals surface area contributed by atoms with Crippen LogP contribution < -0.4 is 0 Å². The largest absolute Gasteiger partial charge is 0.481 e. The zero-order valence-electron chi connectivity index (χ0n) is 24.5. The lowest BCUT2D eigenvalue weighted by Gasteiger charge is -2.08. The van der Waals surface area contributed by atoms with E-state index in [2.05, 4.69) is 56.3 Å². The molecule has 0 spiro atoms. The lowest BCUT2D eigenvalue weighted by Crippen LogP contribution is -2.12. The molecule has 0 heterocycles. The summed E-state index contributed by atoms with van der Waals surface area (Å²) in [6.07, 6.45) is 28.4. The van der Waals surface area contributed by atoms with E-state index >= 15 is 0 Å². The van der Waals surface area contributed by atoms with Gasteiger partial charge in [0.25, 0.3) is 0 Å². The molecule has 36 heavy (non-hydrogen) atoms. The lowest BCUT2D eigenvalue weighted by molar-refractivity contribution is -0.137. The Balaban J connectivity index is 0.000000757. The molecule has 0 saturated carbocycles. The van der Waals surface area contributed by atoms with Crippen LogP contribution in [0.4, 0.5) is 0 Å². The van der Waals surface area contributed by atoms with Crippen molar-refractivity contribution in [2.75, 3.05) is 20.6 Å². The number of benzene rings is 1. The molecular weight excluding hydrogens is 442 g/mol.